The van der Waals surface area contributed by atoms with Gasteiger partial charge in [0.2, 0.25) is 0 Å². The molecule has 0 radical (unpaired) electrons. The van der Waals surface area contributed by atoms with Gasteiger partial charge in [0.15, 0.2) is 0 Å². The van der Waals surface area contributed by atoms with Gasteiger partial charge in [0.05, 0.1) is 0 Å². The molecule has 0 fully saturated rings. The van der Waals surface area contributed by atoms with E-state index in [1.807, 2.05) is 6.07 Å². The third-order valence-electron chi connectivity index (χ3n) is 3.49. The summed E-state index contributed by atoms with van der Waals surface area (Å²) in [5, 5.41) is 14.6. The lowest BCUT2D eigenvalue weighted by molar-refractivity contribution is -0.138. The number of hydrogen-bond acceptors (Lipinski definition) is 4. The van der Waals surface area contributed by atoms with Crippen LogP contribution in [0.4, 0.5) is 0 Å². The Bertz CT molecular complexity index is 738. The summed E-state index contributed by atoms with van der Waals surface area (Å²) in [6.07, 6.45) is 0. The van der Waals surface area contributed by atoms with E-state index in [1.165, 1.54) is 11.8 Å². The van der Waals surface area contributed by atoms with Crippen LogP contribution >= 0.6 is 11.8 Å². The van der Waals surface area contributed by atoms with Gasteiger partial charge in [-0.15, -0.1) is 0 Å². The van der Waals surface area contributed by atoms with Crippen molar-refractivity contribution in [3.05, 3.63) is 71.8 Å². The normalized spacial score (nSPS) is 11.4. The molecule has 0 bridgehead atoms. The van der Waals surface area contributed by atoms with Crippen molar-refractivity contribution in [3.8, 4) is 0 Å². The number of thioether (sulfide) groups is 1. The van der Waals surface area contributed by atoms with E-state index in [4.69, 9.17) is 0 Å². The van der Waals surface area contributed by atoms with Crippen molar-refractivity contribution in [2.24, 2.45) is 0 Å². The van der Waals surface area contributed by atoms with Crippen LogP contribution in [0.5, 0.6) is 0 Å². The van der Waals surface area contributed by atoms with Gasteiger partial charge in [0, 0.05) is 29.2 Å². The van der Waals surface area contributed by atoms with Crippen molar-refractivity contribution in [1.29, 1.82) is 0 Å². The van der Waals surface area contributed by atoms with Crippen molar-refractivity contribution in [3.63, 3.8) is 0 Å². The lowest BCUT2D eigenvalue weighted by atomic mass is 10.2. The number of carbonyl (C=O) groups is 3. The molecule has 2 rings (SSSR count). The summed E-state index contributed by atoms with van der Waals surface area (Å²) in [7, 11) is 0. The Morgan fingerprint density at radius 3 is 1.96 bits per heavy atom. The van der Waals surface area contributed by atoms with Crippen LogP contribution in [0, 0.1) is 0 Å². The lowest BCUT2D eigenvalue weighted by Gasteiger charge is -2.14. The maximum absolute atomic E-state index is 12.1. The smallest absolute Gasteiger partial charge is 0.327 e. The van der Waals surface area contributed by atoms with Gasteiger partial charge in [-0.3, -0.25) is 9.59 Å². The van der Waals surface area contributed by atoms with E-state index in [9.17, 15) is 19.5 Å². The highest BCUT2D eigenvalue weighted by atomic mass is 32.2. The summed E-state index contributed by atoms with van der Waals surface area (Å²) in [6.45, 7) is 0.414. The van der Waals surface area contributed by atoms with E-state index >= 15 is 0 Å². The third kappa shape index (κ3) is 6.25. The number of nitrogens with one attached hydrogen (secondary N) is 2. The molecule has 136 valence electrons. The number of carbonyl (C=O) groups excluding carboxylic acids is 2. The van der Waals surface area contributed by atoms with Crippen molar-refractivity contribution in [2.75, 3.05) is 18.1 Å². The Balaban J connectivity index is 1.72. The number of benzene rings is 2. The Hall–Kier alpha value is -2.80. The molecule has 0 unspecified atom stereocenters. The van der Waals surface area contributed by atoms with Gasteiger partial charge in [-0.1, -0.05) is 36.4 Å². The van der Waals surface area contributed by atoms with Crippen LogP contribution in [0.3, 0.4) is 0 Å². The van der Waals surface area contributed by atoms with Gasteiger partial charge in [0.1, 0.15) is 6.04 Å². The fourth-order valence-electron chi connectivity index (χ4n) is 2.14. The zero-order valence-corrected chi connectivity index (χ0v) is 14.9. The third-order valence-corrected chi connectivity index (χ3v) is 4.55. The first-order chi connectivity index (χ1) is 12.6. The summed E-state index contributed by atoms with van der Waals surface area (Å²) in [4.78, 5) is 35.3. The van der Waals surface area contributed by atoms with Gasteiger partial charge in [0.25, 0.3) is 11.8 Å². The van der Waals surface area contributed by atoms with Crippen LogP contribution in [0.15, 0.2) is 60.7 Å². The zero-order chi connectivity index (χ0) is 18.8. The first-order valence-corrected chi connectivity index (χ1v) is 9.23. The van der Waals surface area contributed by atoms with E-state index in [0.29, 0.717) is 23.4 Å². The van der Waals surface area contributed by atoms with Gasteiger partial charge >= 0.3 is 5.97 Å². The van der Waals surface area contributed by atoms with Crippen LogP contribution in [0.2, 0.25) is 0 Å². The summed E-state index contributed by atoms with van der Waals surface area (Å²) in [6, 6.07) is 16.3. The number of hydrogen-bond donors (Lipinski definition) is 3. The minimum atomic E-state index is -1.09. The highest BCUT2D eigenvalue weighted by Gasteiger charge is 2.20. The molecular weight excluding hydrogens is 352 g/mol. The molecule has 2 amide bonds. The fraction of sp³-hybridized carbons (Fsp3) is 0.211. The quantitative estimate of drug-likeness (QED) is 0.586. The molecule has 0 aliphatic rings. The molecular formula is C19H20N2O4S. The molecule has 0 aliphatic carbocycles. The van der Waals surface area contributed by atoms with Crippen LogP contribution in [-0.4, -0.2) is 47.0 Å². The Morgan fingerprint density at radius 1 is 0.885 bits per heavy atom. The maximum atomic E-state index is 12.1. The van der Waals surface area contributed by atoms with Gasteiger partial charge in [-0.2, -0.15) is 11.8 Å². The molecule has 0 heterocycles. The Labute approximate surface area is 156 Å². The molecule has 0 spiro atoms. The second kappa shape index (κ2) is 10.2. The minimum Gasteiger partial charge on any atom is -0.480 e. The molecule has 3 N–H and O–H groups in total. The molecule has 2 aromatic carbocycles. The lowest BCUT2D eigenvalue weighted by Crippen LogP contribution is -2.42. The molecule has 0 aliphatic heterocycles. The van der Waals surface area contributed by atoms with E-state index in [-0.39, 0.29) is 11.7 Å². The first-order valence-electron chi connectivity index (χ1n) is 8.07. The molecule has 0 aromatic heterocycles. The Kier molecular flexibility index (Phi) is 7.70. The fourth-order valence-corrected chi connectivity index (χ4v) is 3.01. The van der Waals surface area contributed by atoms with Crippen molar-refractivity contribution in [1.82, 2.24) is 10.6 Å². The number of aliphatic carboxylic acids is 1. The second-order valence-electron chi connectivity index (χ2n) is 5.43. The second-order valence-corrected chi connectivity index (χ2v) is 6.58. The highest BCUT2D eigenvalue weighted by molar-refractivity contribution is 7.99. The van der Waals surface area contributed by atoms with Crippen LogP contribution in [0.1, 0.15) is 20.7 Å². The molecule has 0 saturated carbocycles. The molecule has 6 nitrogen and oxygen atoms in total. The molecule has 7 heteroatoms. The number of rotatable bonds is 9. The molecule has 26 heavy (non-hydrogen) atoms. The van der Waals surface area contributed by atoms with Crippen LogP contribution in [0.25, 0.3) is 0 Å². The van der Waals surface area contributed by atoms with Crippen molar-refractivity contribution >= 4 is 29.5 Å². The zero-order valence-electron chi connectivity index (χ0n) is 14.1. The van der Waals surface area contributed by atoms with E-state index < -0.39 is 17.9 Å². The molecule has 2 aromatic rings. The highest BCUT2D eigenvalue weighted by Crippen LogP contribution is 2.05. The summed E-state index contributed by atoms with van der Waals surface area (Å²) in [5.41, 5.74) is 0.995. The van der Waals surface area contributed by atoms with E-state index in [0.717, 1.165) is 0 Å². The van der Waals surface area contributed by atoms with E-state index in [2.05, 4.69) is 10.6 Å². The average molecular weight is 372 g/mol. The summed E-state index contributed by atoms with van der Waals surface area (Å²) < 4.78 is 0. The van der Waals surface area contributed by atoms with Crippen molar-refractivity contribution in [2.45, 2.75) is 6.04 Å². The van der Waals surface area contributed by atoms with Crippen molar-refractivity contribution < 1.29 is 19.5 Å². The summed E-state index contributed by atoms with van der Waals surface area (Å²) >= 11 is 1.35. The van der Waals surface area contributed by atoms with E-state index in [1.54, 1.807) is 54.6 Å². The largest absolute Gasteiger partial charge is 0.480 e. The number of carboxylic acids is 1. The van der Waals surface area contributed by atoms with Crippen LogP contribution in [-0.2, 0) is 4.79 Å². The van der Waals surface area contributed by atoms with Crippen LogP contribution < -0.4 is 10.6 Å². The maximum Gasteiger partial charge on any atom is 0.327 e. The number of carboxylic acid groups (broad SMARTS) is 1. The Morgan fingerprint density at radius 2 is 1.42 bits per heavy atom. The first kappa shape index (κ1) is 19.5. The summed E-state index contributed by atoms with van der Waals surface area (Å²) in [5.74, 6) is -0.914. The molecule has 1 atom stereocenters. The monoisotopic (exact) mass is 372 g/mol. The topological polar surface area (TPSA) is 95.5 Å². The predicted octanol–water partition coefficient (Wildman–Crippen LogP) is 2.03. The van der Waals surface area contributed by atoms with Gasteiger partial charge in [-0.25, -0.2) is 4.79 Å². The minimum absolute atomic E-state index is 0.168. The van der Waals surface area contributed by atoms with Gasteiger partial charge in [-0.05, 0) is 24.3 Å². The number of amides is 2. The predicted molar refractivity (Wildman–Crippen MR) is 101 cm³/mol. The standard InChI is InChI=1S/C19H20N2O4S/c22-17(14-7-3-1-4-8-14)20-11-12-26-13-16(19(24)25)21-18(23)15-9-5-2-6-10-15/h1-10,16H,11-13H2,(H,20,22)(H,21,23)(H,24,25)/t16-/m0/s1. The van der Waals surface area contributed by atoms with Gasteiger partial charge < -0.3 is 15.7 Å². The SMILES string of the molecule is O=C(NCCSC[C@H](NC(=O)c1ccccc1)C(=O)O)c1ccccc1. The average Bonchev–Trinajstić information content (AvgIpc) is 2.67. The molecule has 0 saturated heterocycles.